The predicted octanol–water partition coefficient (Wildman–Crippen LogP) is 1.21. The molecule has 0 heterocycles. The minimum Gasteiger partial charge on any atom is -0.489 e. The molecule has 0 aromatic heterocycles. The van der Waals surface area contributed by atoms with Gasteiger partial charge in [0, 0.05) is 25.9 Å². The van der Waals surface area contributed by atoms with Gasteiger partial charge in [-0.05, 0) is 18.6 Å². The zero-order valence-electron chi connectivity index (χ0n) is 15.5. The maximum atomic E-state index is 13.2. The van der Waals surface area contributed by atoms with Crippen LogP contribution in [0.1, 0.15) is 13.3 Å². The molecule has 26 heavy (non-hydrogen) atoms. The number of benzene rings is 1. The van der Waals surface area contributed by atoms with E-state index >= 15 is 0 Å². The molecule has 7 nitrogen and oxygen atoms in total. The molecular formula is C17H28FN3O4S. The fourth-order valence-corrected chi connectivity index (χ4v) is 2.41. The number of sulfone groups is 1. The second-order valence-electron chi connectivity index (χ2n) is 5.73. The molecule has 0 saturated heterocycles. The highest BCUT2D eigenvalue weighted by Gasteiger charge is 2.10. The fourth-order valence-electron chi connectivity index (χ4n) is 1.99. The molecule has 1 unspecified atom stereocenters. The second kappa shape index (κ2) is 11.7. The van der Waals surface area contributed by atoms with E-state index in [0.717, 1.165) is 6.42 Å². The number of aliphatic imine (C=N–C) groups is 1. The van der Waals surface area contributed by atoms with Gasteiger partial charge < -0.3 is 20.1 Å². The third-order valence-corrected chi connectivity index (χ3v) is 4.32. The number of hydrogen-bond acceptors (Lipinski definition) is 5. The molecule has 0 radical (unpaired) electrons. The first-order chi connectivity index (χ1) is 12.3. The largest absolute Gasteiger partial charge is 0.489 e. The Hall–Kier alpha value is -1.87. The number of nitrogens with zero attached hydrogens (tertiary/aromatic N) is 1. The summed E-state index contributed by atoms with van der Waals surface area (Å²) < 4.78 is 46.2. The van der Waals surface area contributed by atoms with Gasteiger partial charge in [-0.1, -0.05) is 13.0 Å². The van der Waals surface area contributed by atoms with Crippen molar-refractivity contribution in [1.29, 1.82) is 0 Å². The average molecular weight is 389 g/mol. The molecule has 0 saturated carbocycles. The second-order valence-corrected chi connectivity index (χ2v) is 7.99. The van der Waals surface area contributed by atoms with E-state index in [0.29, 0.717) is 31.4 Å². The molecule has 9 heteroatoms. The zero-order valence-corrected chi connectivity index (χ0v) is 16.3. The lowest BCUT2D eigenvalue weighted by Gasteiger charge is -2.20. The number of nitrogens with one attached hydrogen (secondary N) is 2. The molecule has 1 rings (SSSR count). The predicted molar refractivity (Wildman–Crippen MR) is 101 cm³/mol. The summed E-state index contributed by atoms with van der Waals surface area (Å²) in [6.07, 6.45) is 1.78. The highest BCUT2D eigenvalue weighted by molar-refractivity contribution is 7.90. The molecule has 0 aliphatic rings. The normalized spacial score (nSPS) is 13.3. The average Bonchev–Trinajstić information content (AvgIpc) is 2.58. The van der Waals surface area contributed by atoms with Gasteiger partial charge >= 0.3 is 0 Å². The van der Waals surface area contributed by atoms with Gasteiger partial charge in [-0.3, -0.25) is 4.99 Å². The standard InChI is InChI=1S/C17H28FN3O4S/c1-4-15(25-16-7-5-6-14(18)12-16)13-21-17(19-2)20-8-9-24-10-11-26(3,22)23/h5-7,12,15H,4,8-11,13H2,1-3H3,(H2,19,20,21). The van der Waals surface area contributed by atoms with Gasteiger partial charge in [0.15, 0.2) is 5.96 Å². The third kappa shape index (κ3) is 10.2. The summed E-state index contributed by atoms with van der Waals surface area (Å²) in [5.74, 6) is 0.743. The van der Waals surface area contributed by atoms with Crippen molar-refractivity contribution in [2.75, 3.05) is 45.4 Å². The van der Waals surface area contributed by atoms with Crippen LogP contribution in [0.2, 0.25) is 0 Å². The minimum absolute atomic E-state index is 0.00950. The molecule has 1 aromatic rings. The van der Waals surface area contributed by atoms with Gasteiger partial charge in [-0.2, -0.15) is 0 Å². The first-order valence-electron chi connectivity index (χ1n) is 8.46. The number of guanidine groups is 1. The highest BCUT2D eigenvalue weighted by Crippen LogP contribution is 2.14. The Balaban J connectivity index is 2.29. The topological polar surface area (TPSA) is 89.0 Å². The van der Waals surface area contributed by atoms with Crippen LogP contribution in [0.25, 0.3) is 0 Å². The van der Waals surface area contributed by atoms with Crippen LogP contribution in [0.5, 0.6) is 5.75 Å². The van der Waals surface area contributed by atoms with Crippen LogP contribution in [-0.4, -0.2) is 65.8 Å². The Labute approximate surface area is 154 Å². The van der Waals surface area contributed by atoms with Crippen LogP contribution < -0.4 is 15.4 Å². The van der Waals surface area contributed by atoms with Gasteiger partial charge in [-0.25, -0.2) is 12.8 Å². The summed E-state index contributed by atoms with van der Waals surface area (Å²) in [6.45, 7) is 3.52. The molecule has 0 aliphatic carbocycles. The highest BCUT2D eigenvalue weighted by atomic mass is 32.2. The molecule has 148 valence electrons. The lowest BCUT2D eigenvalue weighted by molar-refractivity contribution is 0.153. The molecule has 0 spiro atoms. The van der Waals surface area contributed by atoms with Crippen molar-refractivity contribution >= 4 is 15.8 Å². The SMILES string of the molecule is CCC(CNC(=NC)NCCOCCS(C)(=O)=O)Oc1cccc(F)c1. The van der Waals surface area contributed by atoms with E-state index in [9.17, 15) is 12.8 Å². The van der Waals surface area contributed by atoms with Crippen molar-refractivity contribution in [3.8, 4) is 5.75 Å². The maximum Gasteiger partial charge on any atom is 0.191 e. The van der Waals surface area contributed by atoms with Gasteiger partial charge in [0.1, 0.15) is 27.5 Å². The first-order valence-corrected chi connectivity index (χ1v) is 10.5. The van der Waals surface area contributed by atoms with Crippen molar-refractivity contribution in [2.24, 2.45) is 4.99 Å². The van der Waals surface area contributed by atoms with E-state index in [-0.39, 0.29) is 24.3 Å². The van der Waals surface area contributed by atoms with Crippen LogP contribution in [0.4, 0.5) is 4.39 Å². The van der Waals surface area contributed by atoms with E-state index in [4.69, 9.17) is 9.47 Å². The number of hydrogen-bond donors (Lipinski definition) is 2. The molecule has 0 aliphatic heterocycles. The Bertz CT molecular complexity index is 668. The van der Waals surface area contributed by atoms with Gasteiger partial charge in [0.25, 0.3) is 0 Å². The van der Waals surface area contributed by atoms with Gasteiger partial charge in [-0.15, -0.1) is 0 Å². The van der Waals surface area contributed by atoms with E-state index < -0.39 is 9.84 Å². The van der Waals surface area contributed by atoms with Crippen molar-refractivity contribution < 1.29 is 22.3 Å². The van der Waals surface area contributed by atoms with Crippen molar-refractivity contribution in [3.63, 3.8) is 0 Å². The summed E-state index contributed by atoms with van der Waals surface area (Å²) in [5.41, 5.74) is 0. The summed E-state index contributed by atoms with van der Waals surface area (Å²) in [7, 11) is -1.35. The smallest absolute Gasteiger partial charge is 0.191 e. The molecular weight excluding hydrogens is 361 g/mol. The molecule has 0 amide bonds. The monoisotopic (exact) mass is 389 g/mol. The van der Waals surface area contributed by atoms with Crippen LogP contribution >= 0.6 is 0 Å². The molecule has 0 fully saturated rings. The lowest BCUT2D eigenvalue weighted by Crippen LogP contribution is -2.43. The van der Waals surface area contributed by atoms with Gasteiger partial charge in [0.2, 0.25) is 0 Å². The van der Waals surface area contributed by atoms with E-state index in [1.54, 1.807) is 19.2 Å². The summed E-state index contributed by atoms with van der Waals surface area (Å²) in [5, 5.41) is 6.21. The minimum atomic E-state index is -3.00. The van der Waals surface area contributed by atoms with E-state index in [2.05, 4.69) is 15.6 Å². The van der Waals surface area contributed by atoms with Crippen molar-refractivity contribution in [3.05, 3.63) is 30.1 Å². The van der Waals surface area contributed by atoms with Crippen LogP contribution in [0, 0.1) is 5.82 Å². The number of halogens is 1. The first kappa shape index (κ1) is 22.2. The quantitative estimate of drug-likeness (QED) is 0.336. The van der Waals surface area contributed by atoms with Crippen LogP contribution in [0.3, 0.4) is 0 Å². The molecule has 1 aromatic carbocycles. The Morgan fingerprint density at radius 1 is 1.31 bits per heavy atom. The van der Waals surface area contributed by atoms with Crippen LogP contribution in [-0.2, 0) is 14.6 Å². The third-order valence-electron chi connectivity index (χ3n) is 3.41. The van der Waals surface area contributed by atoms with Crippen molar-refractivity contribution in [1.82, 2.24) is 10.6 Å². The summed E-state index contributed by atoms with van der Waals surface area (Å²) >= 11 is 0. The lowest BCUT2D eigenvalue weighted by atomic mass is 10.2. The molecule has 1 atom stereocenters. The summed E-state index contributed by atoms with van der Waals surface area (Å²) in [4.78, 5) is 4.10. The Kier molecular flexibility index (Phi) is 9.97. The number of rotatable bonds is 11. The number of ether oxygens (including phenoxy) is 2. The summed E-state index contributed by atoms with van der Waals surface area (Å²) in [6, 6.07) is 6.04. The van der Waals surface area contributed by atoms with Crippen LogP contribution in [0.15, 0.2) is 29.3 Å². The van der Waals surface area contributed by atoms with E-state index in [1.807, 2.05) is 6.92 Å². The molecule has 2 N–H and O–H groups in total. The van der Waals surface area contributed by atoms with E-state index in [1.165, 1.54) is 18.4 Å². The fraction of sp³-hybridized carbons (Fsp3) is 0.588. The Morgan fingerprint density at radius 3 is 2.69 bits per heavy atom. The zero-order chi connectivity index (χ0) is 19.4. The van der Waals surface area contributed by atoms with Gasteiger partial charge in [0.05, 0.1) is 25.5 Å². The van der Waals surface area contributed by atoms with Crippen molar-refractivity contribution in [2.45, 2.75) is 19.4 Å². The Morgan fingerprint density at radius 2 is 2.08 bits per heavy atom. The molecule has 0 bridgehead atoms. The maximum absolute atomic E-state index is 13.2.